The summed E-state index contributed by atoms with van der Waals surface area (Å²) in [5.41, 5.74) is 0.962. The van der Waals surface area contributed by atoms with Crippen LogP contribution >= 0.6 is 0 Å². The molecule has 1 aromatic heterocycles. The molecule has 0 spiro atoms. The molecule has 13 heavy (non-hydrogen) atoms. The minimum atomic E-state index is 0.571. The van der Waals surface area contributed by atoms with E-state index in [4.69, 9.17) is 4.74 Å². The van der Waals surface area contributed by atoms with Gasteiger partial charge < -0.3 is 10.1 Å². The number of rotatable bonds is 5. The lowest BCUT2D eigenvalue weighted by Gasteiger charge is -2.05. The number of pyridine rings is 1. The summed E-state index contributed by atoms with van der Waals surface area (Å²) in [5, 5.41) is 3.23. The summed E-state index contributed by atoms with van der Waals surface area (Å²) in [7, 11) is 1.67. The molecule has 0 radical (unpaired) electrons. The fraction of sp³-hybridized carbons (Fsp3) is 0.500. The number of anilines is 1. The second-order valence-electron chi connectivity index (χ2n) is 2.87. The van der Waals surface area contributed by atoms with Gasteiger partial charge in [-0.3, -0.25) is 0 Å². The van der Waals surface area contributed by atoms with Crippen LogP contribution in [0.15, 0.2) is 18.2 Å². The number of hydrogen-bond donors (Lipinski definition) is 1. The van der Waals surface area contributed by atoms with Gasteiger partial charge in [0.2, 0.25) is 0 Å². The largest absolute Gasteiger partial charge is 0.378 e. The number of ether oxygens (including phenoxy) is 1. The highest BCUT2D eigenvalue weighted by atomic mass is 16.5. The molecule has 1 heterocycles. The molecule has 1 rings (SSSR count). The van der Waals surface area contributed by atoms with Gasteiger partial charge in [-0.1, -0.05) is 13.0 Å². The second-order valence-corrected chi connectivity index (χ2v) is 2.87. The van der Waals surface area contributed by atoms with Gasteiger partial charge in [-0.2, -0.15) is 0 Å². The van der Waals surface area contributed by atoms with Crippen molar-refractivity contribution < 1.29 is 4.74 Å². The average Bonchev–Trinajstić information content (AvgIpc) is 2.16. The van der Waals surface area contributed by atoms with Gasteiger partial charge >= 0.3 is 0 Å². The van der Waals surface area contributed by atoms with E-state index in [2.05, 4.69) is 17.2 Å². The van der Waals surface area contributed by atoms with E-state index in [1.54, 1.807) is 7.11 Å². The first-order chi connectivity index (χ1) is 6.36. The molecular formula is C10H16N2O. The molecule has 72 valence electrons. The summed E-state index contributed by atoms with van der Waals surface area (Å²) < 4.78 is 5.00. The molecule has 0 aliphatic carbocycles. The van der Waals surface area contributed by atoms with E-state index in [1.807, 2.05) is 18.2 Å². The normalized spacial score (nSPS) is 10.0. The van der Waals surface area contributed by atoms with Crippen LogP contribution < -0.4 is 5.32 Å². The molecule has 0 atom stereocenters. The van der Waals surface area contributed by atoms with Gasteiger partial charge in [-0.05, 0) is 18.6 Å². The summed E-state index contributed by atoms with van der Waals surface area (Å²) in [5.74, 6) is 0.927. The molecule has 3 heteroatoms. The van der Waals surface area contributed by atoms with Crippen molar-refractivity contribution in [2.75, 3.05) is 19.0 Å². The summed E-state index contributed by atoms with van der Waals surface area (Å²) in [4.78, 5) is 4.36. The Labute approximate surface area is 79.1 Å². The molecule has 1 N–H and O–H groups in total. The molecule has 0 fully saturated rings. The minimum absolute atomic E-state index is 0.571. The molecule has 0 aliphatic heterocycles. The zero-order valence-electron chi connectivity index (χ0n) is 8.21. The van der Waals surface area contributed by atoms with E-state index in [0.29, 0.717) is 6.61 Å². The van der Waals surface area contributed by atoms with Crippen LogP contribution in [0.5, 0.6) is 0 Å². The maximum Gasteiger partial charge on any atom is 0.126 e. The zero-order chi connectivity index (χ0) is 9.52. The summed E-state index contributed by atoms with van der Waals surface area (Å²) in [6.07, 6.45) is 1.11. The molecule has 1 aromatic rings. The first-order valence-electron chi connectivity index (χ1n) is 4.55. The molecule has 0 unspecified atom stereocenters. The van der Waals surface area contributed by atoms with Gasteiger partial charge in [-0.15, -0.1) is 0 Å². The summed E-state index contributed by atoms with van der Waals surface area (Å²) in [6, 6.07) is 5.91. The fourth-order valence-corrected chi connectivity index (χ4v) is 1.06. The van der Waals surface area contributed by atoms with Crippen LogP contribution in [0, 0.1) is 0 Å². The van der Waals surface area contributed by atoms with Crippen molar-refractivity contribution in [1.82, 2.24) is 4.98 Å². The van der Waals surface area contributed by atoms with E-state index in [0.717, 1.165) is 24.5 Å². The maximum atomic E-state index is 5.00. The monoisotopic (exact) mass is 180 g/mol. The van der Waals surface area contributed by atoms with Crippen molar-refractivity contribution in [3.8, 4) is 0 Å². The Morgan fingerprint density at radius 2 is 2.31 bits per heavy atom. The van der Waals surface area contributed by atoms with Crippen molar-refractivity contribution in [3.63, 3.8) is 0 Å². The SMILES string of the molecule is CCCNc1cccc(COC)n1. The van der Waals surface area contributed by atoms with Gasteiger partial charge in [0.1, 0.15) is 5.82 Å². The van der Waals surface area contributed by atoms with Gasteiger partial charge in [0.15, 0.2) is 0 Å². The highest BCUT2D eigenvalue weighted by molar-refractivity contribution is 5.34. The minimum Gasteiger partial charge on any atom is -0.378 e. The smallest absolute Gasteiger partial charge is 0.126 e. The van der Waals surface area contributed by atoms with Crippen LogP contribution in [0.1, 0.15) is 19.0 Å². The number of aromatic nitrogens is 1. The van der Waals surface area contributed by atoms with Crippen LogP contribution in [0.25, 0.3) is 0 Å². The van der Waals surface area contributed by atoms with E-state index in [-0.39, 0.29) is 0 Å². The molecule has 0 aromatic carbocycles. The highest BCUT2D eigenvalue weighted by Gasteiger charge is 1.95. The van der Waals surface area contributed by atoms with Gasteiger partial charge in [0.05, 0.1) is 12.3 Å². The van der Waals surface area contributed by atoms with Gasteiger partial charge in [0.25, 0.3) is 0 Å². The Morgan fingerprint density at radius 1 is 1.46 bits per heavy atom. The third-order valence-corrected chi connectivity index (χ3v) is 1.66. The standard InChI is InChI=1S/C10H16N2O/c1-3-7-11-10-6-4-5-9(12-10)8-13-2/h4-6H,3,7-8H2,1-2H3,(H,11,12). The molecule has 0 saturated carbocycles. The Hall–Kier alpha value is -1.09. The molecular weight excluding hydrogens is 164 g/mol. The quantitative estimate of drug-likeness (QED) is 0.753. The number of nitrogens with one attached hydrogen (secondary N) is 1. The Bertz CT molecular complexity index is 250. The van der Waals surface area contributed by atoms with Crippen LogP contribution in [0.3, 0.4) is 0 Å². The molecule has 3 nitrogen and oxygen atoms in total. The number of hydrogen-bond acceptors (Lipinski definition) is 3. The van der Waals surface area contributed by atoms with E-state index in [9.17, 15) is 0 Å². The van der Waals surface area contributed by atoms with E-state index in [1.165, 1.54) is 0 Å². The maximum absolute atomic E-state index is 5.00. The van der Waals surface area contributed by atoms with Gasteiger partial charge in [-0.25, -0.2) is 4.98 Å². The van der Waals surface area contributed by atoms with Gasteiger partial charge in [0, 0.05) is 13.7 Å². The van der Waals surface area contributed by atoms with Crippen LogP contribution in [0.4, 0.5) is 5.82 Å². The molecule has 0 amide bonds. The summed E-state index contributed by atoms with van der Waals surface area (Å²) in [6.45, 7) is 3.66. The topological polar surface area (TPSA) is 34.1 Å². The number of nitrogens with zero attached hydrogens (tertiary/aromatic N) is 1. The van der Waals surface area contributed by atoms with Crippen molar-refractivity contribution in [2.24, 2.45) is 0 Å². The molecule has 0 bridgehead atoms. The Morgan fingerprint density at radius 3 is 3.00 bits per heavy atom. The highest BCUT2D eigenvalue weighted by Crippen LogP contribution is 2.05. The predicted molar refractivity (Wildman–Crippen MR) is 53.7 cm³/mol. The molecule has 0 saturated heterocycles. The zero-order valence-corrected chi connectivity index (χ0v) is 8.21. The second kappa shape index (κ2) is 5.54. The van der Waals surface area contributed by atoms with Crippen LogP contribution in [-0.2, 0) is 11.3 Å². The summed E-state index contributed by atoms with van der Waals surface area (Å²) >= 11 is 0. The Balaban J connectivity index is 2.56. The lowest BCUT2D eigenvalue weighted by Crippen LogP contribution is -2.03. The van der Waals surface area contributed by atoms with Crippen LogP contribution in [0.2, 0.25) is 0 Å². The fourth-order valence-electron chi connectivity index (χ4n) is 1.06. The van der Waals surface area contributed by atoms with E-state index < -0.39 is 0 Å². The van der Waals surface area contributed by atoms with E-state index >= 15 is 0 Å². The predicted octanol–water partition coefficient (Wildman–Crippen LogP) is 2.05. The Kier molecular flexibility index (Phi) is 4.26. The van der Waals surface area contributed by atoms with Crippen molar-refractivity contribution in [1.29, 1.82) is 0 Å². The molecule has 0 aliphatic rings. The van der Waals surface area contributed by atoms with Crippen LogP contribution in [-0.4, -0.2) is 18.6 Å². The lowest BCUT2D eigenvalue weighted by molar-refractivity contribution is 0.181. The third-order valence-electron chi connectivity index (χ3n) is 1.66. The average molecular weight is 180 g/mol. The lowest BCUT2D eigenvalue weighted by atomic mass is 10.3. The van der Waals surface area contributed by atoms with Crippen molar-refractivity contribution in [3.05, 3.63) is 23.9 Å². The number of methoxy groups -OCH3 is 1. The van der Waals surface area contributed by atoms with Crippen molar-refractivity contribution in [2.45, 2.75) is 20.0 Å². The first kappa shape index (κ1) is 9.99. The van der Waals surface area contributed by atoms with Crippen molar-refractivity contribution >= 4 is 5.82 Å². The first-order valence-corrected chi connectivity index (χ1v) is 4.55. The third kappa shape index (κ3) is 3.42.